The Kier molecular flexibility index (Phi) is 4.56. The van der Waals surface area contributed by atoms with Gasteiger partial charge in [0.1, 0.15) is 11.5 Å². The standard InChI is InChI=1S/C16H14O5/c1-11-6-8-12(9-7-11)15(17)20-13-4-3-5-14(10-13)21-16(18)19-2/h3-10H,1-2H3. The van der Waals surface area contributed by atoms with Crippen LogP contribution in [0.25, 0.3) is 0 Å². The smallest absolute Gasteiger partial charge is 0.437 e. The van der Waals surface area contributed by atoms with Gasteiger partial charge in [-0.05, 0) is 31.2 Å². The zero-order valence-corrected chi connectivity index (χ0v) is 11.7. The summed E-state index contributed by atoms with van der Waals surface area (Å²) in [6.45, 7) is 1.93. The third-order valence-electron chi connectivity index (χ3n) is 2.67. The molecule has 0 fully saturated rings. The third kappa shape index (κ3) is 4.07. The number of aryl methyl sites for hydroxylation is 1. The Balaban J connectivity index is 2.08. The Morgan fingerprint density at radius 3 is 2.14 bits per heavy atom. The quantitative estimate of drug-likeness (QED) is 0.492. The predicted molar refractivity (Wildman–Crippen MR) is 75.6 cm³/mol. The summed E-state index contributed by atoms with van der Waals surface area (Å²) in [6, 6.07) is 13.2. The molecule has 0 aromatic heterocycles. The zero-order valence-electron chi connectivity index (χ0n) is 11.7. The Hall–Kier alpha value is -2.82. The normalized spacial score (nSPS) is 9.81. The van der Waals surface area contributed by atoms with Gasteiger partial charge >= 0.3 is 12.1 Å². The van der Waals surface area contributed by atoms with Crippen LogP contribution in [-0.4, -0.2) is 19.2 Å². The maximum absolute atomic E-state index is 12.0. The number of benzene rings is 2. The molecule has 0 aliphatic heterocycles. The van der Waals surface area contributed by atoms with Gasteiger partial charge in [0.15, 0.2) is 0 Å². The fourth-order valence-corrected chi connectivity index (χ4v) is 1.59. The van der Waals surface area contributed by atoms with Gasteiger partial charge < -0.3 is 14.2 Å². The van der Waals surface area contributed by atoms with Gasteiger partial charge in [-0.25, -0.2) is 9.59 Å². The van der Waals surface area contributed by atoms with Crippen molar-refractivity contribution in [3.8, 4) is 11.5 Å². The molecule has 0 radical (unpaired) electrons. The van der Waals surface area contributed by atoms with Crippen LogP contribution in [0.15, 0.2) is 48.5 Å². The molecule has 0 unspecified atom stereocenters. The lowest BCUT2D eigenvalue weighted by atomic mass is 10.1. The highest BCUT2D eigenvalue weighted by atomic mass is 16.7. The molecule has 2 rings (SSSR count). The molecule has 108 valence electrons. The molecule has 0 spiro atoms. The summed E-state index contributed by atoms with van der Waals surface area (Å²) >= 11 is 0. The number of ether oxygens (including phenoxy) is 3. The maximum Gasteiger partial charge on any atom is 0.513 e. The predicted octanol–water partition coefficient (Wildman–Crippen LogP) is 3.36. The molecule has 2 aromatic carbocycles. The number of hydrogen-bond donors (Lipinski definition) is 0. The van der Waals surface area contributed by atoms with Gasteiger partial charge in [0, 0.05) is 6.07 Å². The molecule has 0 N–H and O–H groups in total. The molecule has 0 atom stereocenters. The maximum atomic E-state index is 12.0. The monoisotopic (exact) mass is 286 g/mol. The van der Waals surface area contributed by atoms with Crippen LogP contribution in [0.5, 0.6) is 11.5 Å². The van der Waals surface area contributed by atoms with Crippen molar-refractivity contribution in [1.29, 1.82) is 0 Å². The molecule has 5 heteroatoms. The van der Waals surface area contributed by atoms with E-state index in [1.165, 1.54) is 13.2 Å². The number of carbonyl (C=O) groups excluding carboxylic acids is 2. The van der Waals surface area contributed by atoms with E-state index in [2.05, 4.69) is 4.74 Å². The van der Waals surface area contributed by atoms with Crippen molar-refractivity contribution < 1.29 is 23.8 Å². The first-order chi connectivity index (χ1) is 10.1. The molecule has 0 bridgehead atoms. The molecule has 0 amide bonds. The average Bonchev–Trinajstić information content (AvgIpc) is 2.48. The summed E-state index contributed by atoms with van der Waals surface area (Å²) in [5, 5.41) is 0. The van der Waals surface area contributed by atoms with Crippen LogP contribution < -0.4 is 9.47 Å². The highest BCUT2D eigenvalue weighted by Gasteiger charge is 2.10. The van der Waals surface area contributed by atoms with Gasteiger partial charge in [-0.1, -0.05) is 23.8 Å². The molecular weight excluding hydrogens is 272 g/mol. The van der Waals surface area contributed by atoms with E-state index in [0.29, 0.717) is 5.56 Å². The number of rotatable bonds is 3. The second-order valence-corrected chi connectivity index (χ2v) is 4.29. The lowest BCUT2D eigenvalue weighted by molar-refractivity contribution is 0.0734. The van der Waals surface area contributed by atoms with Crippen LogP contribution in [0.1, 0.15) is 15.9 Å². The van der Waals surface area contributed by atoms with Gasteiger partial charge in [0.05, 0.1) is 12.7 Å². The Morgan fingerprint density at radius 1 is 0.905 bits per heavy atom. The van der Waals surface area contributed by atoms with Crippen molar-refractivity contribution in [2.24, 2.45) is 0 Å². The van der Waals surface area contributed by atoms with Crippen LogP contribution in [0.3, 0.4) is 0 Å². The minimum atomic E-state index is -0.836. The van der Waals surface area contributed by atoms with E-state index in [1.807, 2.05) is 19.1 Å². The molecule has 0 saturated carbocycles. The minimum absolute atomic E-state index is 0.232. The summed E-state index contributed by atoms with van der Waals surface area (Å²) in [6.07, 6.45) is -0.836. The number of carbonyl (C=O) groups is 2. The molecule has 0 aliphatic carbocycles. The number of hydrogen-bond acceptors (Lipinski definition) is 5. The molecular formula is C16H14O5. The first-order valence-corrected chi connectivity index (χ1v) is 6.23. The van der Waals surface area contributed by atoms with Gasteiger partial charge in [-0.3, -0.25) is 0 Å². The summed E-state index contributed by atoms with van der Waals surface area (Å²) in [5.41, 5.74) is 1.50. The topological polar surface area (TPSA) is 61.8 Å². The largest absolute Gasteiger partial charge is 0.513 e. The summed E-state index contributed by atoms with van der Waals surface area (Å²) < 4.78 is 14.5. The molecule has 2 aromatic rings. The Labute approximate surface area is 122 Å². The van der Waals surface area contributed by atoms with Crippen LogP contribution >= 0.6 is 0 Å². The fourth-order valence-electron chi connectivity index (χ4n) is 1.59. The van der Waals surface area contributed by atoms with E-state index < -0.39 is 12.1 Å². The van der Waals surface area contributed by atoms with E-state index in [9.17, 15) is 9.59 Å². The lowest BCUT2D eigenvalue weighted by Crippen LogP contribution is -2.09. The van der Waals surface area contributed by atoms with E-state index in [0.717, 1.165) is 5.56 Å². The highest BCUT2D eigenvalue weighted by Crippen LogP contribution is 2.21. The molecule has 0 heterocycles. The van der Waals surface area contributed by atoms with Crippen molar-refractivity contribution >= 4 is 12.1 Å². The summed E-state index contributed by atoms with van der Waals surface area (Å²) in [5.74, 6) is 0.0308. The van der Waals surface area contributed by atoms with Crippen molar-refractivity contribution in [2.45, 2.75) is 6.92 Å². The van der Waals surface area contributed by atoms with Crippen LogP contribution in [-0.2, 0) is 4.74 Å². The Morgan fingerprint density at radius 2 is 1.52 bits per heavy atom. The van der Waals surface area contributed by atoms with E-state index in [4.69, 9.17) is 9.47 Å². The second kappa shape index (κ2) is 6.56. The second-order valence-electron chi connectivity index (χ2n) is 4.29. The summed E-state index contributed by atoms with van der Waals surface area (Å²) in [7, 11) is 1.21. The van der Waals surface area contributed by atoms with Gasteiger partial charge in [0.25, 0.3) is 0 Å². The average molecular weight is 286 g/mol. The van der Waals surface area contributed by atoms with Crippen molar-refractivity contribution in [2.75, 3.05) is 7.11 Å². The molecule has 21 heavy (non-hydrogen) atoms. The van der Waals surface area contributed by atoms with Gasteiger partial charge in [0.2, 0.25) is 0 Å². The number of methoxy groups -OCH3 is 1. The first-order valence-electron chi connectivity index (χ1n) is 6.23. The minimum Gasteiger partial charge on any atom is -0.437 e. The highest BCUT2D eigenvalue weighted by molar-refractivity contribution is 5.91. The van der Waals surface area contributed by atoms with Crippen LogP contribution in [0.4, 0.5) is 4.79 Å². The third-order valence-corrected chi connectivity index (χ3v) is 2.67. The summed E-state index contributed by atoms with van der Waals surface area (Å²) in [4.78, 5) is 23.0. The van der Waals surface area contributed by atoms with Gasteiger partial charge in [-0.15, -0.1) is 0 Å². The van der Waals surface area contributed by atoms with E-state index >= 15 is 0 Å². The van der Waals surface area contributed by atoms with Gasteiger partial charge in [-0.2, -0.15) is 0 Å². The number of esters is 1. The van der Waals surface area contributed by atoms with Crippen LogP contribution in [0, 0.1) is 6.92 Å². The van der Waals surface area contributed by atoms with E-state index in [-0.39, 0.29) is 11.5 Å². The molecule has 0 aliphatic rings. The SMILES string of the molecule is COC(=O)Oc1cccc(OC(=O)c2ccc(C)cc2)c1. The van der Waals surface area contributed by atoms with Crippen LogP contribution in [0.2, 0.25) is 0 Å². The molecule has 0 saturated heterocycles. The van der Waals surface area contributed by atoms with E-state index in [1.54, 1.807) is 30.3 Å². The van der Waals surface area contributed by atoms with Crippen molar-refractivity contribution in [1.82, 2.24) is 0 Å². The molecule has 5 nitrogen and oxygen atoms in total. The Bertz CT molecular complexity index is 646. The first kappa shape index (κ1) is 14.6. The van der Waals surface area contributed by atoms with Crippen molar-refractivity contribution in [3.05, 3.63) is 59.7 Å². The fraction of sp³-hybridized carbons (Fsp3) is 0.125. The zero-order chi connectivity index (χ0) is 15.2. The van der Waals surface area contributed by atoms with Crippen molar-refractivity contribution in [3.63, 3.8) is 0 Å². The lowest BCUT2D eigenvalue weighted by Gasteiger charge is -2.07.